The van der Waals surface area contributed by atoms with Gasteiger partial charge in [-0.3, -0.25) is 0 Å². The van der Waals surface area contributed by atoms with Crippen LogP contribution in [0.3, 0.4) is 0 Å². The fourth-order valence-electron chi connectivity index (χ4n) is 2.76. The van der Waals surface area contributed by atoms with Crippen molar-refractivity contribution in [2.75, 3.05) is 33.2 Å². The molecule has 0 fully saturated rings. The summed E-state index contributed by atoms with van der Waals surface area (Å²) in [5.41, 5.74) is 0.882. The van der Waals surface area contributed by atoms with Crippen LogP contribution in [0.4, 0.5) is 0 Å². The summed E-state index contributed by atoms with van der Waals surface area (Å²) < 4.78 is 21.9. The van der Waals surface area contributed by atoms with E-state index in [1.165, 1.54) is 0 Å². The normalized spacial score (nSPS) is 14.2. The molecule has 0 aliphatic carbocycles. The number of hydrogen-bond acceptors (Lipinski definition) is 5. The highest BCUT2D eigenvalue weighted by Crippen LogP contribution is 2.35. The first-order chi connectivity index (χ1) is 12.7. The third-order valence-corrected chi connectivity index (χ3v) is 4.46. The number of rotatable bonds is 14. The van der Waals surface area contributed by atoms with Crippen molar-refractivity contribution in [3.8, 4) is 11.5 Å². The first-order valence-corrected chi connectivity index (χ1v) is 9.90. The van der Waals surface area contributed by atoms with Crippen molar-refractivity contribution in [1.29, 1.82) is 0 Å². The number of unbranched alkanes of at least 4 members (excludes halogenated alkanes) is 2. The fraction of sp³-hybridized carbons (Fsp3) is 0.714. The van der Waals surface area contributed by atoms with E-state index in [4.69, 9.17) is 18.9 Å². The molecule has 1 unspecified atom stereocenters. The Hall–Kier alpha value is -1.30. The van der Waals surface area contributed by atoms with Crippen molar-refractivity contribution in [3.63, 3.8) is 0 Å². The Morgan fingerprint density at radius 3 is 2.27 bits per heavy atom. The maximum atomic E-state index is 10.3. The van der Waals surface area contributed by atoms with Gasteiger partial charge in [-0.1, -0.05) is 19.9 Å². The van der Waals surface area contributed by atoms with Crippen molar-refractivity contribution < 1.29 is 24.1 Å². The van der Waals surface area contributed by atoms with Gasteiger partial charge in [0.25, 0.3) is 0 Å². The first kappa shape index (κ1) is 21.0. The maximum Gasteiger partial charge on any atom is 0.231 e. The third kappa shape index (κ3) is 7.94. The molecule has 0 aromatic heterocycles. The Labute approximate surface area is 157 Å². The van der Waals surface area contributed by atoms with Crippen LogP contribution >= 0.6 is 0 Å². The average molecular weight is 366 g/mol. The summed E-state index contributed by atoms with van der Waals surface area (Å²) in [6.45, 7) is 7.93. The topological polar surface area (TPSA) is 57.2 Å². The number of aliphatic hydroxyl groups is 1. The fourth-order valence-corrected chi connectivity index (χ4v) is 2.76. The Kier molecular flexibility index (Phi) is 9.82. The lowest BCUT2D eigenvalue weighted by Crippen LogP contribution is -2.03. The zero-order valence-corrected chi connectivity index (χ0v) is 16.2. The van der Waals surface area contributed by atoms with Crippen LogP contribution in [0.25, 0.3) is 0 Å². The Morgan fingerprint density at radius 2 is 1.54 bits per heavy atom. The van der Waals surface area contributed by atoms with Gasteiger partial charge >= 0.3 is 0 Å². The van der Waals surface area contributed by atoms with Gasteiger partial charge in [0.2, 0.25) is 6.79 Å². The van der Waals surface area contributed by atoms with Crippen LogP contribution in [0.1, 0.15) is 64.0 Å². The highest BCUT2D eigenvalue weighted by atomic mass is 16.7. The van der Waals surface area contributed by atoms with Crippen molar-refractivity contribution in [3.05, 3.63) is 23.8 Å². The van der Waals surface area contributed by atoms with Gasteiger partial charge in [0, 0.05) is 26.4 Å². The van der Waals surface area contributed by atoms with Crippen LogP contribution in [-0.4, -0.2) is 38.3 Å². The van der Waals surface area contributed by atoms with E-state index in [2.05, 4.69) is 13.8 Å². The number of benzene rings is 1. The van der Waals surface area contributed by atoms with E-state index in [0.29, 0.717) is 5.92 Å². The Morgan fingerprint density at radius 1 is 0.885 bits per heavy atom. The molecule has 1 aliphatic heterocycles. The van der Waals surface area contributed by atoms with Gasteiger partial charge in [-0.25, -0.2) is 0 Å². The highest BCUT2D eigenvalue weighted by Gasteiger charge is 2.16. The summed E-state index contributed by atoms with van der Waals surface area (Å²) in [6, 6.07) is 5.63. The van der Waals surface area contributed by atoms with Gasteiger partial charge in [-0.15, -0.1) is 0 Å². The van der Waals surface area contributed by atoms with Crippen LogP contribution in [0.2, 0.25) is 0 Å². The zero-order valence-electron chi connectivity index (χ0n) is 16.2. The molecule has 1 aliphatic rings. The Balaban J connectivity index is 1.42. The minimum Gasteiger partial charge on any atom is -0.454 e. The second-order valence-electron chi connectivity index (χ2n) is 7.24. The lowest BCUT2D eigenvalue weighted by molar-refractivity contribution is 0.0941. The number of hydrogen-bond donors (Lipinski definition) is 1. The molecular weight excluding hydrogens is 332 g/mol. The molecule has 26 heavy (non-hydrogen) atoms. The van der Waals surface area contributed by atoms with Gasteiger partial charge in [0.05, 0.1) is 6.10 Å². The molecule has 2 rings (SSSR count). The molecule has 0 saturated heterocycles. The summed E-state index contributed by atoms with van der Waals surface area (Å²) in [4.78, 5) is 0. The van der Waals surface area contributed by atoms with E-state index in [1.54, 1.807) is 0 Å². The van der Waals surface area contributed by atoms with E-state index in [-0.39, 0.29) is 6.79 Å². The number of ether oxygens (including phenoxy) is 4. The van der Waals surface area contributed by atoms with Crippen LogP contribution in [0.15, 0.2) is 18.2 Å². The molecule has 148 valence electrons. The van der Waals surface area contributed by atoms with E-state index in [1.807, 2.05) is 18.2 Å². The van der Waals surface area contributed by atoms with Gasteiger partial charge in [-0.2, -0.15) is 0 Å². The molecule has 1 heterocycles. The SMILES string of the molecule is CC(C)CCOCCCCOCCCCC(O)c1ccc2c(c1)OCO2. The molecule has 1 aromatic carbocycles. The average Bonchev–Trinajstić information content (AvgIpc) is 3.09. The van der Waals surface area contributed by atoms with Crippen LogP contribution in [0, 0.1) is 5.92 Å². The molecule has 0 spiro atoms. The first-order valence-electron chi connectivity index (χ1n) is 9.90. The van der Waals surface area contributed by atoms with Crippen LogP contribution < -0.4 is 9.47 Å². The maximum absolute atomic E-state index is 10.3. The van der Waals surface area contributed by atoms with E-state index >= 15 is 0 Å². The summed E-state index contributed by atoms with van der Waals surface area (Å²) in [5, 5.41) is 10.3. The second kappa shape index (κ2) is 12.2. The van der Waals surface area contributed by atoms with E-state index in [0.717, 1.165) is 82.0 Å². The molecule has 1 atom stereocenters. The molecule has 5 nitrogen and oxygen atoms in total. The molecule has 0 amide bonds. The summed E-state index contributed by atoms with van der Waals surface area (Å²) in [5.74, 6) is 2.18. The zero-order chi connectivity index (χ0) is 18.6. The van der Waals surface area contributed by atoms with Crippen molar-refractivity contribution in [2.45, 2.75) is 58.5 Å². The van der Waals surface area contributed by atoms with Crippen LogP contribution in [-0.2, 0) is 9.47 Å². The van der Waals surface area contributed by atoms with Gasteiger partial charge < -0.3 is 24.1 Å². The van der Waals surface area contributed by atoms with Crippen molar-refractivity contribution in [2.24, 2.45) is 5.92 Å². The summed E-state index contributed by atoms with van der Waals surface area (Å²) in [7, 11) is 0. The van der Waals surface area contributed by atoms with Crippen molar-refractivity contribution in [1.82, 2.24) is 0 Å². The quantitative estimate of drug-likeness (QED) is 0.492. The lowest BCUT2D eigenvalue weighted by Gasteiger charge is -2.11. The largest absolute Gasteiger partial charge is 0.454 e. The summed E-state index contributed by atoms with van der Waals surface area (Å²) in [6.07, 6.45) is 5.40. The Bertz CT molecular complexity index is 503. The minimum atomic E-state index is -0.465. The number of fused-ring (bicyclic) bond motifs is 1. The van der Waals surface area contributed by atoms with Gasteiger partial charge in [-0.05, 0) is 62.1 Å². The standard InChI is InChI=1S/C21H34O5/c1-17(2)10-14-24-13-6-5-12-23-11-4-3-7-19(22)18-8-9-20-21(15-18)26-16-25-20/h8-9,15,17,19,22H,3-7,10-14,16H2,1-2H3. The highest BCUT2D eigenvalue weighted by molar-refractivity contribution is 5.45. The molecule has 0 bridgehead atoms. The predicted molar refractivity (Wildman–Crippen MR) is 102 cm³/mol. The second-order valence-corrected chi connectivity index (χ2v) is 7.24. The molecule has 0 radical (unpaired) electrons. The summed E-state index contributed by atoms with van der Waals surface area (Å²) >= 11 is 0. The van der Waals surface area contributed by atoms with E-state index in [9.17, 15) is 5.11 Å². The molecular formula is C21H34O5. The molecule has 1 N–H and O–H groups in total. The minimum absolute atomic E-state index is 0.260. The molecule has 5 heteroatoms. The van der Waals surface area contributed by atoms with Gasteiger partial charge in [0.15, 0.2) is 11.5 Å². The van der Waals surface area contributed by atoms with E-state index < -0.39 is 6.10 Å². The van der Waals surface area contributed by atoms with Gasteiger partial charge in [0.1, 0.15) is 0 Å². The smallest absolute Gasteiger partial charge is 0.231 e. The third-order valence-electron chi connectivity index (χ3n) is 4.46. The monoisotopic (exact) mass is 366 g/mol. The molecule has 1 aromatic rings. The van der Waals surface area contributed by atoms with Crippen LogP contribution in [0.5, 0.6) is 11.5 Å². The predicted octanol–water partition coefficient (Wildman–Crippen LogP) is 4.48. The lowest BCUT2D eigenvalue weighted by atomic mass is 10.0. The van der Waals surface area contributed by atoms with Crippen molar-refractivity contribution >= 4 is 0 Å². The molecule has 0 saturated carbocycles. The number of aliphatic hydroxyl groups excluding tert-OH is 1.